The summed E-state index contributed by atoms with van der Waals surface area (Å²) in [5.74, 6) is -0.507. The zero-order valence-electron chi connectivity index (χ0n) is 11.1. The first-order chi connectivity index (χ1) is 7.61. The van der Waals surface area contributed by atoms with Crippen molar-refractivity contribution in [1.29, 1.82) is 0 Å². The van der Waals surface area contributed by atoms with Crippen molar-refractivity contribution >= 4 is 11.8 Å². The first kappa shape index (κ1) is 27.8. The van der Waals surface area contributed by atoms with Crippen LogP contribution in [0.25, 0.3) is 0 Å². The smallest absolute Gasteiger partial charge is 0.152 e. The van der Waals surface area contributed by atoms with Gasteiger partial charge in [-0.15, -0.1) is 0 Å². The Morgan fingerprint density at radius 3 is 1.15 bits per heavy atom. The van der Waals surface area contributed by atoms with Crippen LogP contribution < -0.4 is 10.2 Å². The predicted octanol–water partition coefficient (Wildman–Crippen LogP) is -2.28. The van der Waals surface area contributed by atoms with Crippen molar-refractivity contribution < 1.29 is 67.2 Å². The Morgan fingerprint density at radius 2 is 1.00 bits per heavy atom. The molecule has 0 aromatic rings. The van der Waals surface area contributed by atoms with Crippen molar-refractivity contribution in [2.75, 3.05) is 13.1 Å². The van der Waals surface area contributed by atoms with Gasteiger partial charge in [0, 0.05) is 56.8 Å². The number of hydroxylamine groups is 2. The Bertz CT molecular complexity index is 252. The minimum Gasteiger partial charge on any atom is -2.00 e. The average Bonchev–Trinajstić information content (AvgIpc) is 2.28. The zero-order chi connectivity index (χ0) is 12.0. The maximum absolute atomic E-state index is 10.4. The van der Waals surface area contributed by atoms with E-state index in [1.165, 1.54) is 0 Å². The summed E-state index contributed by atoms with van der Waals surface area (Å²) < 4.78 is 1.09. The van der Waals surface area contributed by atoms with Crippen molar-refractivity contribution in [2.45, 2.75) is 38.5 Å². The number of hydrogen-bond acceptors (Lipinski definition) is 4. The minimum absolute atomic E-state index is 0. The summed E-state index contributed by atoms with van der Waals surface area (Å²) in [6.45, 7) is 0.803. The van der Waals surface area contributed by atoms with Gasteiger partial charge in [-0.05, 0) is 12.8 Å². The van der Waals surface area contributed by atoms with Crippen LogP contribution in [0.3, 0.4) is 0 Å². The van der Waals surface area contributed by atoms with Gasteiger partial charge in [0.05, 0.1) is 0 Å². The van der Waals surface area contributed by atoms with Crippen molar-refractivity contribution in [3.8, 4) is 0 Å². The first-order valence-electron chi connectivity index (χ1n) is 5.56. The molecular formula is C10H19N2O7U-5. The molecule has 0 radical (unpaired) electrons. The molecule has 0 saturated heterocycles. The molecule has 0 spiro atoms. The van der Waals surface area contributed by atoms with E-state index in [9.17, 15) is 20.6 Å². The predicted molar refractivity (Wildman–Crippen MR) is 60.9 cm³/mol. The summed E-state index contributed by atoms with van der Waals surface area (Å²) in [5, 5.41) is 41.5. The second-order valence-corrected chi connectivity index (χ2v) is 3.91. The maximum atomic E-state index is 10.4. The second kappa shape index (κ2) is 14.9. The second-order valence-electron chi connectivity index (χ2n) is 3.91. The van der Waals surface area contributed by atoms with Gasteiger partial charge >= 0.3 is 0 Å². The van der Waals surface area contributed by atoms with Crippen LogP contribution in [0, 0.1) is 41.5 Å². The van der Waals surface area contributed by atoms with E-state index in [1.807, 2.05) is 0 Å². The molecule has 2 rings (SSSR count). The van der Waals surface area contributed by atoms with Crippen LogP contribution in [0.5, 0.6) is 0 Å². The van der Waals surface area contributed by atoms with Gasteiger partial charge in [-0.25, -0.2) is 9.48 Å². The van der Waals surface area contributed by atoms with Crippen LogP contribution >= 0.6 is 0 Å². The van der Waals surface area contributed by atoms with Gasteiger partial charge in [-0.3, -0.25) is 0 Å². The Kier molecular flexibility index (Phi) is 20.6. The number of nitrogens with zero attached hydrogens (tertiary/aromatic N) is 2. The van der Waals surface area contributed by atoms with E-state index in [2.05, 4.69) is 0 Å². The molecule has 2 heterocycles. The third-order valence-electron chi connectivity index (χ3n) is 2.56. The molecule has 0 aromatic carbocycles. The van der Waals surface area contributed by atoms with Crippen molar-refractivity contribution in [3.63, 3.8) is 0 Å². The summed E-state index contributed by atoms with van der Waals surface area (Å²) in [4.78, 5) is 0. The average molecular weight is 517 g/mol. The van der Waals surface area contributed by atoms with Crippen molar-refractivity contribution in [3.05, 3.63) is 10.4 Å². The third-order valence-corrected chi connectivity index (χ3v) is 2.56. The van der Waals surface area contributed by atoms with E-state index in [1.54, 1.807) is 0 Å². The summed E-state index contributed by atoms with van der Waals surface area (Å²) in [6.07, 6.45) is 4.41. The van der Waals surface area contributed by atoms with Gasteiger partial charge in [0.15, 0.2) is 13.1 Å². The van der Waals surface area contributed by atoms with E-state index in [0.717, 1.165) is 25.7 Å². The van der Waals surface area contributed by atoms with Crippen LogP contribution in [0.4, 0.5) is 0 Å². The quantitative estimate of drug-likeness (QED) is 0.199. The molecule has 2 aliphatic heterocycles. The molecule has 9 nitrogen and oxygen atoms in total. The molecule has 0 aliphatic carbocycles. The summed E-state index contributed by atoms with van der Waals surface area (Å²) in [7, 11) is 0. The van der Waals surface area contributed by atoms with Crippen LogP contribution in [0.15, 0.2) is 0 Å². The van der Waals surface area contributed by atoms with Crippen LogP contribution in [0.2, 0.25) is 0 Å². The van der Waals surface area contributed by atoms with Gasteiger partial charge < -0.3 is 37.1 Å². The SMILES string of the molecule is [O-2].[O-2].[O-]C1=[N+]([O-])CCCC1.[O-]C1=[N+]([O-])CCCC1.[OH3+].[U]. The van der Waals surface area contributed by atoms with E-state index in [4.69, 9.17) is 0 Å². The molecule has 20 heavy (non-hydrogen) atoms. The van der Waals surface area contributed by atoms with Crippen molar-refractivity contribution in [1.82, 2.24) is 0 Å². The first-order valence-corrected chi connectivity index (χ1v) is 5.56. The fourth-order valence-electron chi connectivity index (χ4n) is 1.56. The van der Waals surface area contributed by atoms with Gasteiger partial charge in [0.2, 0.25) is 0 Å². The molecular weight excluding hydrogens is 498 g/mol. The van der Waals surface area contributed by atoms with E-state index < -0.39 is 0 Å². The summed E-state index contributed by atoms with van der Waals surface area (Å²) in [6, 6.07) is 0. The molecule has 0 aromatic heterocycles. The molecule has 0 unspecified atom stereocenters. The van der Waals surface area contributed by atoms with Crippen LogP contribution in [-0.4, -0.2) is 34.4 Å². The van der Waals surface area contributed by atoms with Crippen LogP contribution in [-0.2, 0) is 16.4 Å². The molecule has 0 fully saturated rings. The normalized spacial score (nSPS) is 17.2. The fraction of sp³-hybridized carbons (Fsp3) is 0.800. The Labute approximate surface area is 141 Å². The van der Waals surface area contributed by atoms with Crippen LogP contribution in [0.1, 0.15) is 38.5 Å². The molecule has 0 bridgehead atoms. The Morgan fingerprint density at radius 1 is 0.700 bits per heavy atom. The largest absolute Gasteiger partial charge is 2.00 e. The van der Waals surface area contributed by atoms with Gasteiger partial charge in [-0.1, -0.05) is 0 Å². The van der Waals surface area contributed by atoms with Crippen molar-refractivity contribution in [2.24, 2.45) is 0 Å². The molecule has 10 heteroatoms. The maximum Gasteiger partial charge on any atom is 0.152 e. The fourth-order valence-corrected chi connectivity index (χ4v) is 1.56. The number of rotatable bonds is 0. The third kappa shape index (κ3) is 10.3. The van der Waals surface area contributed by atoms with E-state index in [0.29, 0.717) is 35.4 Å². The summed E-state index contributed by atoms with van der Waals surface area (Å²) >= 11 is 0. The van der Waals surface area contributed by atoms with Gasteiger partial charge in [-0.2, -0.15) is 0 Å². The topological polar surface area (TPSA) is 188 Å². The minimum atomic E-state index is -0.253. The monoisotopic (exact) mass is 517 g/mol. The number of hydrogen-bond donors (Lipinski definition) is 0. The van der Waals surface area contributed by atoms with Gasteiger partial charge in [0.1, 0.15) is 11.8 Å². The molecule has 120 valence electrons. The van der Waals surface area contributed by atoms with E-state index in [-0.39, 0.29) is 59.3 Å². The van der Waals surface area contributed by atoms with E-state index >= 15 is 0 Å². The molecule has 0 saturated carbocycles. The Balaban J connectivity index is -0.000000107. The molecule has 2 aliphatic rings. The molecule has 3 N–H and O–H groups in total. The zero-order valence-corrected chi connectivity index (χ0v) is 15.2. The Hall–Kier alpha value is -0.528. The van der Waals surface area contributed by atoms with Gasteiger partial charge in [0.25, 0.3) is 0 Å². The summed E-state index contributed by atoms with van der Waals surface area (Å²) in [5.41, 5.74) is 0. The molecule has 0 atom stereocenters. The molecule has 0 amide bonds. The standard InChI is InChI=1S/2C5H9NO2.H2O.2O.U/c2*7-5-3-1-2-4-6(5)8;;;;/h2*7H,1-4H2;1H2;;;/q;;;2*-2;/p-1.